The van der Waals surface area contributed by atoms with Crippen molar-refractivity contribution in [3.05, 3.63) is 59.2 Å². The van der Waals surface area contributed by atoms with E-state index in [1.807, 2.05) is 43.3 Å². The molecule has 5 heteroatoms. The van der Waals surface area contributed by atoms with Crippen molar-refractivity contribution in [2.45, 2.75) is 20.8 Å². The molecule has 2 aromatic rings. The summed E-state index contributed by atoms with van der Waals surface area (Å²) in [6.07, 6.45) is 0. The number of hydrogen-bond acceptors (Lipinski definition) is 3. The zero-order valence-corrected chi connectivity index (χ0v) is 14.6. The highest BCUT2D eigenvalue weighted by molar-refractivity contribution is 7.80. The molecule has 2 N–H and O–H groups in total. The molecule has 0 fully saturated rings. The van der Waals surface area contributed by atoms with E-state index in [2.05, 4.69) is 35.8 Å². The molecule has 0 saturated heterocycles. The number of anilines is 1. The van der Waals surface area contributed by atoms with Gasteiger partial charge in [0, 0.05) is 5.69 Å². The molecule has 0 saturated carbocycles. The van der Waals surface area contributed by atoms with Crippen LogP contribution in [0, 0.1) is 13.8 Å². The van der Waals surface area contributed by atoms with Crippen LogP contribution in [0.5, 0.6) is 5.75 Å². The minimum absolute atomic E-state index is 0.464. The summed E-state index contributed by atoms with van der Waals surface area (Å²) in [5, 5.41) is 7.95. The lowest BCUT2D eigenvalue weighted by atomic mass is 10.1. The number of nitrogens with one attached hydrogen (secondary N) is 2. The van der Waals surface area contributed by atoms with E-state index in [0.29, 0.717) is 5.11 Å². The highest BCUT2D eigenvalue weighted by Gasteiger charge is 2.03. The van der Waals surface area contributed by atoms with Crippen LogP contribution < -0.4 is 15.5 Å². The smallest absolute Gasteiger partial charge is 0.191 e. The van der Waals surface area contributed by atoms with Crippen molar-refractivity contribution in [2.24, 2.45) is 5.10 Å². The normalized spacial score (nSPS) is 11.0. The summed E-state index contributed by atoms with van der Waals surface area (Å²) in [6.45, 7) is 6.06. The second kappa shape index (κ2) is 7.74. The molecule has 0 atom stereocenters. The van der Waals surface area contributed by atoms with E-state index in [1.54, 1.807) is 7.11 Å². The van der Waals surface area contributed by atoms with E-state index in [0.717, 1.165) is 22.7 Å². The first-order valence-corrected chi connectivity index (χ1v) is 7.74. The summed E-state index contributed by atoms with van der Waals surface area (Å²) in [4.78, 5) is 0. The van der Waals surface area contributed by atoms with Crippen LogP contribution in [-0.4, -0.2) is 17.9 Å². The van der Waals surface area contributed by atoms with Gasteiger partial charge >= 0.3 is 0 Å². The van der Waals surface area contributed by atoms with Crippen LogP contribution in [0.1, 0.15) is 23.6 Å². The van der Waals surface area contributed by atoms with E-state index in [4.69, 9.17) is 17.0 Å². The molecule has 0 amide bonds. The zero-order valence-electron chi connectivity index (χ0n) is 13.8. The Labute approximate surface area is 142 Å². The monoisotopic (exact) mass is 327 g/mol. The number of ether oxygens (including phenoxy) is 1. The highest BCUT2D eigenvalue weighted by Crippen LogP contribution is 2.17. The van der Waals surface area contributed by atoms with Crippen LogP contribution in [0.25, 0.3) is 0 Å². The van der Waals surface area contributed by atoms with Gasteiger partial charge in [-0.1, -0.05) is 12.1 Å². The van der Waals surface area contributed by atoms with Crippen LogP contribution in [0.2, 0.25) is 0 Å². The molecule has 0 aromatic heterocycles. The molecule has 2 rings (SSSR count). The van der Waals surface area contributed by atoms with Gasteiger partial charge in [0.2, 0.25) is 0 Å². The lowest BCUT2D eigenvalue weighted by molar-refractivity contribution is 0.415. The van der Waals surface area contributed by atoms with E-state index in [-0.39, 0.29) is 0 Å². The summed E-state index contributed by atoms with van der Waals surface area (Å²) in [6, 6.07) is 13.8. The number of thiocarbonyl (C=S) groups is 1. The van der Waals surface area contributed by atoms with Crippen LogP contribution in [0.4, 0.5) is 5.69 Å². The van der Waals surface area contributed by atoms with Gasteiger partial charge in [-0.2, -0.15) is 5.10 Å². The van der Waals surface area contributed by atoms with Gasteiger partial charge in [-0.05, 0) is 80.0 Å². The summed E-state index contributed by atoms with van der Waals surface area (Å²) in [7, 11) is 1.65. The van der Waals surface area contributed by atoms with Gasteiger partial charge in [0.15, 0.2) is 5.11 Å². The third-order valence-corrected chi connectivity index (χ3v) is 3.88. The first-order chi connectivity index (χ1) is 11.0. The van der Waals surface area contributed by atoms with Crippen molar-refractivity contribution < 1.29 is 4.74 Å². The molecular weight excluding hydrogens is 306 g/mol. The Bertz CT molecular complexity index is 724. The second-order valence-electron chi connectivity index (χ2n) is 5.24. The summed E-state index contributed by atoms with van der Waals surface area (Å²) in [5.74, 6) is 0.821. The molecule has 0 aliphatic carbocycles. The molecule has 0 unspecified atom stereocenters. The van der Waals surface area contributed by atoms with Crippen molar-refractivity contribution in [1.82, 2.24) is 5.43 Å². The topological polar surface area (TPSA) is 45.6 Å². The molecule has 0 aliphatic heterocycles. The summed E-state index contributed by atoms with van der Waals surface area (Å²) in [5.41, 5.74) is 8.11. The Hall–Kier alpha value is -2.40. The fourth-order valence-electron chi connectivity index (χ4n) is 2.07. The Morgan fingerprint density at radius 2 is 1.78 bits per heavy atom. The fraction of sp³-hybridized carbons (Fsp3) is 0.222. The Kier molecular flexibility index (Phi) is 5.71. The van der Waals surface area contributed by atoms with Crippen molar-refractivity contribution in [2.75, 3.05) is 12.4 Å². The summed E-state index contributed by atoms with van der Waals surface area (Å²) >= 11 is 5.30. The maximum atomic E-state index is 5.30. The summed E-state index contributed by atoms with van der Waals surface area (Å²) < 4.78 is 5.15. The highest BCUT2D eigenvalue weighted by atomic mass is 32.1. The quantitative estimate of drug-likeness (QED) is 0.506. The van der Waals surface area contributed by atoms with Crippen LogP contribution in [-0.2, 0) is 0 Å². The number of aryl methyl sites for hydroxylation is 1. The largest absolute Gasteiger partial charge is 0.497 e. The Morgan fingerprint density at radius 1 is 1.09 bits per heavy atom. The fourth-order valence-corrected chi connectivity index (χ4v) is 2.22. The number of rotatable bonds is 4. The van der Waals surface area contributed by atoms with Gasteiger partial charge < -0.3 is 10.1 Å². The Balaban J connectivity index is 2.00. The number of nitrogens with zero attached hydrogens (tertiary/aromatic N) is 1. The van der Waals surface area contributed by atoms with E-state index < -0.39 is 0 Å². The molecule has 4 nitrogen and oxygen atoms in total. The lowest BCUT2D eigenvalue weighted by Crippen LogP contribution is -2.25. The van der Waals surface area contributed by atoms with Crippen molar-refractivity contribution in [3.63, 3.8) is 0 Å². The molecule has 120 valence electrons. The molecule has 0 aliphatic rings. The number of hydrogen-bond donors (Lipinski definition) is 2. The third kappa shape index (κ3) is 4.53. The van der Waals surface area contributed by atoms with Crippen molar-refractivity contribution >= 4 is 28.7 Å². The van der Waals surface area contributed by atoms with Crippen molar-refractivity contribution in [1.29, 1.82) is 0 Å². The van der Waals surface area contributed by atoms with Gasteiger partial charge in [0.1, 0.15) is 5.75 Å². The van der Waals surface area contributed by atoms with Gasteiger partial charge in [-0.25, -0.2) is 0 Å². The molecule has 2 aromatic carbocycles. The first kappa shape index (κ1) is 17.0. The molecule has 0 bridgehead atoms. The predicted octanol–water partition coefficient (Wildman–Crippen LogP) is 4.02. The van der Waals surface area contributed by atoms with Crippen LogP contribution in [0.3, 0.4) is 0 Å². The number of methoxy groups -OCH3 is 1. The molecular formula is C18H21N3OS. The van der Waals surface area contributed by atoms with E-state index in [9.17, 15) is 0 Å². The average Bonchev–Trinajstić information content (AvgIpc) is 2.57. The first-order valence-electron chi connectivity index (χ1n) is 7.33. The minimum Gasteiger partial charge on any atom is -0.497 e. The van der Waals surface area contributed by atoms with Gasteiger partial charge in [0.05, 0.1) is 12.8 Å². The standard InChI is InChI=1S/C18H21N3OS/c1-12-6-5-7-17(13(12)2)19-18(23)21-20-14(3)15-8-10-16(22-4)11-9-15/h5-11H,1-4H3,(H2,19,21,23)/b20-14-. The third-order valence-electron chi connectivity index (χ3n) is 3.69. The predicted molar refractivity (Wildman–Crippen MR) is 100 cm³/mol. The zero-order chi connectivity index (χ0) is 16.8. The Morgan fingerprint density at radius 3 is 2.43 bits per heavy atom. The number of hydrazone groups is 1. The number of benzene rings is 2. The molecule has 0 heterocycles. The van der Waals surface area contributed by atoms with Gasteiger partial charge in [0.25, 0.3) is 0 Å². The van der Waals surface area contributed by atoms with Gasteiger partial charge in [-0.3, -0.25) is 5.43 Å². The van der Waals surface area contributed by atoms with Crippen LogP contribution >= 0.6 is 12.2 Å². The maximum absolute atomic E-state index is 5.30. The second-order valence-corrected chi connectivity index (χ2v) is 5.65. The van der Waals surface area contributed by atoms with Crippen molar-refractivity contribution in [3.8, 4) is 5.75 Å². The molecule has 0 spiro atoms. The van der Waals surface area contributed by atoms with E-state index >= 15 is 0 Å². The SMILES string of the molecule is COc1ccc(/C(C)=N\NC(=S)Nc2cccc(C)c2C)cc1. The average molecular weight is 327 g/mol. The maximum Gasteiger partial charge on any atom is 0.191 e. The van der Waals surface area contributed by atoms with E-state index in [1.165, 1.54) is 11.1 Å². The molecule has 23 heavy (non-hydrogen) atoms. The van der Waals surface area contributed by atoms with Crippen LogP contribution in [0.15, 0.2) is 47.6 Å². The lowest BCUT2D eigenvalue weighted by Gasteiger charge is -2.12. The van der Waals surface area contributed by atoms with Gasteiger partial charge in [-0.15, -0.1) is 0 Å². The minimum atomic E-state index is 0.464. The molecule has 0 radical (unpaired) electrons.